The molecule has 1 fully saturated rings. The Morgan fingerprint density at radius 3 is 2.35 bits per heavy atom. The van der Waals surface area contributed by atoms with Gasteiger partial charge in [-0.25, -0.2) is 0 Å². The number of phenols is 1. The minimum absolute atomic E-state index is 0.0415. The van der Waals surface area contributed by atoms with Crippen LogP contribution in [-0.2, 0) is 27.2 Å². The zero-order valence-electron chi connectivity index (χ0n) is 23.6. The van der Waals surface area contributed by atoms with E-state index < -0.39 is 58.0 Å². The highest BCUT2D eigenvalue weighted by molar-refractivity contribution is 6.24. The molecule has 1 aromatic carbocycles. The summed E-state index contributed by atoms with van der Waals surface area (Å²) in [4.78, 5) is 42.7. The molecule has 218 valence electrons. The number of ketones is 2. The number of phenolic OH excluding ortho intramolecular Hbond substituents is 1. The molecular formula is C29H39N3O8. The lowest BCUT2D eigenvalue weighted by molar-refractivity contribution is -0.153. The van der Waals surface area contributed by atoms with E-state index in [9.17, 15) is 39.9 Å². The molecule has 0 bridgehead atoms. The number of aliphatic hydroxyl groups is 4. The van der Waals surface area contributed by atoms with E-state index in [-0.39, 0.29) is 42.3 Å². The number of aromatic hydroxyl groups is 1. The molecular weight excluding hydrogens is 518 g/mol. The second kappa shape index (κ2) is 10.5. The first-order chi connectivity index (χ1) is 18.7. The zero-order valence-corrected chi connectivity index (χ0v) is 23.6. The molecule has 0 radical (unpaired) electrons. The number of likely N-dealkylation sites (N-methyl/N-ethyl adjacent to an activating group) is 1. The second-order valence-electron chi connectivity index (χ2n) is 11.8. The highest BCUT2D eigenvalue weighted by Gasteiger charge is 2.64. The Morgan fingerprint density at radius 1 is 1.15 bits per heavy atom. The van der Waals surface area contributed by atoms with E-state index in [2.05, 4.69) is 0 Å². The molecule has 0 saturated heterocycles. The van der Waals surface area contributed by atoms with Crippen LogP contribution in [0.1, 0.15) is 42.9 Å². The van der Waals surface area contributed by atoms with E-state index in [4.69, 9.17) is 5.73 Å². The number of Topliss-reactive ketones (excluding diaryl/α,β-unsaturated/α-hetero) is 2. The third kappa shape index (κ3) is 4.36. The number of aryl methyl sites for hydroxylation is 1. The molecule has 3 aliphatic carbocycles. The summed E-state index contributed by atoms with van der Waals surface area (Å²) < 4.78 is 0. The Balaban J connectivity index is 1.91. The minimum Gasteiger partial charge on any atom is -0.508 e. The van der Waals surface area contributed by atoms with Crippen LogP contribution in [0.25, 0.3) is 5.76 Å². The lowest BCUT2D eigenvalue weighted by Gasteiger charge is -2.50. The van der Waals surface area contributed by atoms with Gasteiger partial charge in [0.05, 0.1) is 11.6 Å². The molecule has 4 rings (SSSR count). The molecule has 0 aliphatic heterocycles. The number of fused-ring (bicyclic) bond motifs is 3. The van der Waals surface area contributed by atoms with Gasteiger partial charge < -0.3 is 36.2 Å². The number of carbonyl (C=O) groups excluding carboxylic acids is 3. The molecule has 11 nitrogen and oxygen atoms in total. The number of primary amides is 1. The van der Waals surface area contributed by atoms with Crippen LogP contribution in [-0.4, -0.2) is 94.3 Å². The van der Waals surface area contributed by atoms with Crippen LogP contribution in [0.15, 0.2) is 23.0 Å². The van der Waals surface area contributed by atoms with Gasteiger partial charge in [0.25, 0.3) is 5.91 Å². The highest BCUT2D eigenvalue weighted by Crippen LogP contribution is 2.54. The van der Waals surface area contributed by atoms with Gasteiger partial charge in [-0.3, -0.25) is 19.3 Å². The van der Waals surface area contributed by atoms with Crippen molar-refractivity contribution in [3.05, 3.63) is 39.7 Å². The Morgan fingerprint density at radius 2 is 1.80 bits per heavy atom. The summed E-state index contributed by atoms with van der Waals surface area (Å²) in [5.41, 5.74) is 3.74. The molecule has 0 aromatic heterocycles. The van der Waals surface area contributed by atoms with Gasteiger partial charge in [-0.1, -0.05) is 6.92 Å². The van der Waals surface area contributed by atoms with Crippen molar-refractivity contribution in [2.75, 3.05) is 39.7 Å². The number of rotatable bonds is 8. The van der Waals surface area contributed by atoms with Crippen molar-refractivity contribution in [2.24, 2.45) is 23.5 Å². The van der Waals surface area contributed by atoms with E-state index >= 15 is 0 Å². The maximum atomic E-state index is 14.0. The standard InChI is InChI=1S/C29H39N3O8/c1-13(8-9-33)6-7-14-12-18(31(2)3)16-10-15-11-17-22(32(4)5)25(36)21(28(30)39)27(38)29(17,40)26(37)19(15)24(35)20(16)23(14)34/h12-13,15,17,22,33-35,38,40H,6-11H2,1-5H3,(H2,30,39)/t13?,15-,17-,22+,29-/m0/s1. The quantitative estimate of drug-likeness (QED) is 0.252. The summed E-state index contributed by atoms with van der Waals surface area (Å²) >= 11 is 0. The summed E-state index contributed by atoms with van der Waals surface area (Å²) in [6.07, 6.45) is 2.02. The van der Waals surface area contributed by atoms with Crippen molar-refractivity contribution in [2.45, 2.75) is 50.7 Å². The van der Waals surface area contributed by atoms with Crippen LogP contribution in [0.2, 0.25) is 0 Å². The predicted molar refractivity (Wildman–Crippen MR) is 148 cm³/mol. The van der Waals surface area contributed by atoms with E-state index in [1.807, 2.05) is 32.0 Å². The number of nitrogens with two attached hydrogens (primary N) is 1. The van der Waals surface area contributed by atoms with Crippen LogP contribution in [0, 0.1) is 17.8 Å². The van der Waals surface area contributed by atoms with Crippen molar-refractivity contribution in [3.8, 4) is 5.75 Å². The fourth-order valence-corrected chi connectivity index (χ4v) is 6.70. The predicted octanol–water partition coefficient (Wildman–Crippen LogP) is 0.981. The molecule has 5 atom stereocenters. The van der Waals surface area contributed by atoms with Gasteiger partial charge in [-0.05, 0) is 75.2 Å². The van der Waals surface area contributed by atoms with Crippen LogP contribution >= 0.6 is 0 Å². The summed E-state index contributed by atoms with van der Waals surface area (Å²) in [5, 5.41) is 54.9. The molecule has 11 heteroatoms. The Kier molecular flexibility index (Phi) is 7.78. The number of anilines is 1. The number of hydrogen-bond acceptors (Lipinski definition) is 10. The zero-order chi connectivity index (χ0) is 29.8. The van der Waals surface area contributed by atoms with E-state index in [0.29, 0.717) is 30.4 Å². The first-order valence-electron chi connectivity index (χ1n) is 13.5. The van der Waals surface area contributed by atoms with Crippen LogP contribution < -0.4 is 10.6 Å². The van der Waals surface area contributed by atoms with Crippen LogP contribution in [0.5, 0.6) is 5.75 Å². The third-order valence-electron chi connectivity index (χ3n) is 8.79. The summed E-state index contributed by atoms with van der Waals surface area (Å²) in [6, 6.07) is 0.738. The number of carbonyl (C=O) groups is 3. The monoisotopic (exact) mass is 557 g/mol. The van der Waals surface area contributed by atoms with Crippen molar-refractivity contribution < 1.29 is 39.9 Å². The number of hydrogen-bond donors (Lipinski definition) is 6. The summed E-state index contributed by atoms with van der Waals surface area (Å²) in [7, 11) is 6.81. The highest BCUT2D eigenvalue weighted by atomic mass is 16.3. The molecule has 7 N–H and O–H groups in total. The molecule has 0 spiro atoms. The molecule has 1 unspecified atom stereocenters. The molecule has 0 heterocycles. The normalized spacial score (nSPS) is 26.9. The number of amides is 1. The van der Waals surface area contributed by atoms with Gasteiger partial charge in [0.2, 0.25) is 5.78 Å². The van der Waals surface area contributed by atoms with Crippen LogP contribution in [0.3, 0.4) is 0 Å². The fourth-order valence-electron chi connectivity index (χ4n) is 6.70. The molecule has 40 heavy (non-hydrogen) atoms. The average molecular weight is 558 g/mol. The van der Waals surface area contributed by atoms with Crippen LogP contribution in [0.4, 0.5) is 5.69 Å². The maximum absolute atomic E-state index is 14.0. The van der Waals surface area contributed by atoms with Gasteiger partial charge in [-0.2, -0.15) is 0 Å². The first kappa shape index (κ1) is 29.6. The fraction of sp³-hybridized carbons (Fsp3) is 0.552. The number of nitrogens with zero attached hydrogens (tertiary/aromatic N) is 2. The Bertz CT molecular complexity index is 1330. The Hall–Kier alpha value is -3.41. The first-order valence-corrected chi connectivity index (χ1v) is 13.5. The topological polar surface area (TPSA) is 185 Å². The average Bonchev–Trinajstić information content (AvgIpc) is 2.85. The largest absolute Gasteiger partial charge is 0.508 e. The third-order valence-corrected chi connectivity index (χ3v) is 8.79. The molecule has 1 saturated carbocycles. The molecule has 3 aliphatic rings. The minimum atomic E-state index is -2.66. The lowest BCUT2D eigenvalue weighted by Crippen LogP contribution is -2.65. The van der Waals surface area contributed by atoms with Gasteiger partial charge in [0, 0.05) is 37.9 Å². The van der Waals surface area contributed by atoms with Gasteiger partial charge in [0.1, 0.15) is 22.8 Å². The van der Waals surface area contributed by atoms with Gasteiger partial charge in [-0.15, -0.1) is 0 Å². The smallest absolute Gasteiger partial charge is 0.255 e. The summed E-state index contributed by atoms with van der Waals surface area (Å²) in [5.74, 6) is -6.40. The molecule has 1 amide bonds. The number of benzene rings is 1. The molecule has 1 aromatic rings. The van der Waals surface area contributed by atoms with E-state index in [1.165, 1.54) is 4.90 Å². The van der Waals surface area contributed by atoms with E-state index in [1.54, 1.807) is 14.1 Å². The Labute approximate surface area is 233 Å². The summed E-state index contributed by atoms with van der Waals surface area (Å²) in [6.45, 7) is 2.05. The van der Waals surface area contributed by atoms with Crippen molar-refractivity contribution >= 4 is 28.9 Å². The maximum Gasteiger partial charge on any atom is 0.255 e. The SMILES string of the molecule is CC(CCO)CCc1cc(N(C)C)c2c(c1O)C(O)=C1C(=O)[C@]3(O)C(O)=C(C(N)=O)C(=O)[C@H](N(C)C)[C@@H]3C[C@@H]1C2. The van der Waals surface area contributed by atoms with Crippen molar-refractivity contribution in [1.29, 1.82) is 0 Å². The second-order valence-corrected chi connectivity index (χ2v) is 11.8. The number of aliphatic hydroxyl groups excluding tert-OH is 3. The van der Waals surface area contributed by atoms with Gasteiger partial charge >= 0.3 is 0 Å². The van der Waals surface area contributed by atoms with Gasteiger partial charge in [0.15, 0.2) is 11.4 Å². The van der Waals surface area contributed by atoms with Crippen molar-refractivity contribution in [3.63, 3.8) is 0 Å². The van der Waals surface area contributed by atoms with Crippen molar-refractivity contribution in [1.82, 2.24) is 4.90 Å². The van der Waals surface area contributed by atoms with E-state index in [0.717, 1.165) is 5.69 Å². The lowest BCUT2D eigenvalue weighted by atomic mass is 9.57.